The third kappa shape index (κ3) is 4.72. The Morgan fingerprint density at radius 3 is 1.87 bits per heavy atom. The van der Waals surface area contributed by atoms with E-state index in [0.29, 0.717) is 0 Å². The van der Waals surface area contributed by atoms with Crippen LogP contribution in [0.3, 0.4) is 0 Å². The monoisotopic (exact) mass is 731 g/mol. The standard InChI is InChI=1S/C52H50BNS/c1-49(2)21-22-50(3,4)39-28-33(18-19-38(39)49)54-44-30-41-40(51(5,6)23-24-52(41,7)8)29-43(44)53-42-15-11-9-13-34(42)37-26-32(27-45(54)48(37)53)31-17-20-47-36(25-31)35-14-10-12-16-46(35)55-47/h9-20,25-30H,21-24H2,1-8H3. The van der Waals surface area contributed by atoms with Gasteiger partial charge in [0.25, 0.3) is 0 Å². The number of hydrogen-bond acceptors (Lipinski definition) is 2. The molecule has 0 saturated heterocycles. The van der Waals surface area contributed by atoms with Crippen molar-refractivity contribution in [1.29, 1.82) is 0 Å². The average molecular weight is 732 g/mol. The maximum atomic E-state index is 2.69. The Bertz CT molecular complexity index is 2790. The summed E-state index contributed by atoms with van der Waals surface area (Å²) >= 11 is 1.90. The van der Waals surface area contributed by atoms with E-state index in [1.54, 1.807) is 0 Å². The molecule has 0 saturated carbocycles. The van der Waals surface area contributed by atoms with Gasteiger partial charge in [0.15, 0.2) is 0 Å². The fourth-order valence-corrected chi connectivity index (χ4v) is 12.1. The second-order valence-corrected chi connectivity index (χ2v) is 20.9. The molecule has 11 rings (SSSR count). The first-order valence-corrected chi connectivity index (χ1v) is 21.4. The molecule has 0 unspecified atom stereocenters. The number of benzene rings is 6. The Balaban J connectivity index is 1.23. The van der Waals surface area contributed by atoms with Gasteiger partial charge in [0.2, 0.25) is 6.71 Å². The summed E-state index contributed by atoms with van der Waals surface area (Å²) in [6.45, 7) is 19.9. The Morgan fingerprint density at radius 2 is 1.11 bits per heavy atom. The number of hydrogen-bond donors (Lipinski definition) is 0. The topological polar surface area (TPSA) is 3.24 Å². The number of nitrogens with zero attached hydrogens (tertiary/aromatic N) is 1. The van der Waals surface area contributed by atoms with Gasteiger partial charge in [-0.15, -0.1) is 11.3 Å². The van der Waals surface area contributed by atoms with Crippen LogP contribution >= 0.6 is 11.3 Å². The smallest absolute Gasteiger partial charge is 0.248 e. The van der Waals surface area contributed by atoms with Crippen molar-refractivity contribution in [2.24, 2.45) is 0 Å². The lowest BCUT2D eigenvalue weighted by atomic mass is 9.36. The quantitative estimate of drug-likeness (QED) is 0.160. The first-order chi connectivity index (χ1) is 26.2. The highest BCUT2D eigenvalue weighted by Crippen LogP contribution is 2.52. The third-order valence-electron chi connectivity index (χ3n) is 14.6. The summed E-state index contributed by atoms with van der Waals surface area (Å²) in [7, 11) is 0. The van der Waals surface area contributed by atoms with Crippen molar-refractivity contribution in [1.82, 2.24) is 0 Å². The van der Waals surface area contributed by atoms with Crippen molar-refractivity contribution in [3.8, 4) is 22.3 Å². The van der Waals surface area contributed by atoms with Crippen LogP contribution in [0.2, 0.25) is 0 Å². The van der Waals surface area contributed by atoms with Crippen LogP contribution in [0, 0.1) is 0 Å². The second-order valence-electron chi connectivity index (χ2n) is 19.8. The van der Waals surface area contributed by atoms with Crippen molar-refractivity contribution in [2.45, 2.75) is 103 Å². The van der Waals surface area contributed by atoms with E-state index >= 15 is 0 Å². The molecule has 0 bridgehead atoms. The molecule has 0 amide bonds. The molecule has 0 fully saturated rings. The van der Waals surface area contributed by atoms with Crippen LogP contribution in [0.1, 0.15) is 103 Å². The minimum atomic E-state index is 0.104. The fourth-order valence-electron chi connectivity index (χ4n) is 11.1. The molecule has 0 radical (unpaired) electrons. The molecule has 272 valence electrons. The van der Waals surface area contributed by atoms with Gasteiger partial charge >= 0.3 is 0 Å². The Kier molecular flexibility index (Phi) is 6.77. The Morgan fingerprint density at radius 1 is 0.473 bits per heavy atom. The first-order valence-electron chi connectivity index (χ1n) is 20.5. The zero-order chi connectivity index (χ0) is 37.8. The predicted molar refractivity (Wildman–Crippen MR) is 240 cm³/mol. The highest BCUT2D eigenvalue weighted by molar-refractivity contribution is 7.25. The van der Waals surface area contributed by atoms with E-state index in [2.05, 4.69) is 169 Å². The summed E-state index contributed by atoms with van der Waals surface area (Å²) in [5.74, 6) is 0. The molecule has 7 aromatic rings. The Hall–Kier alpha value is -4.60. The van der Waals surface area contributed by atoms with Crippen LogP contribution in [-0.2, 0) is 21.7 Å². The largest absolute Gasteiger partial charge is 0.311 e. The van der Waals surface area contributed by atoms with Gasteiger partial charge in [0.1, 0.15) is 0 Å². The van der Waals surface area contributed by atoms with Crippen LogP contribution in [0.15, 0.2) is 109 Å². The van der Waals surface area contributed by atoms with E-state index < -0.39 is 0 Å². The number of rotatable bonds is 2. The van der Waals surface area contributed by atoms with Crippen molar-refractivity contribution in [2.75, 3.05) is 4.90 Å². The van der Waals surface area contributed by atoms with Crippen LogP contribution < -0.4 is 21.3 Å². The molecule has 3 heterocycles. The van der Waals surface area contributed by atoms with E-state index in [0.717, 1.165) is 0 Å². The molecule has 0 N–H and O–H groups in total. The van der Waals surface area contributed by atoms with Crippen LogP contribution in [0.5, 0.6) is 0 Å². The van der Waals surface area contributed by atoms with Crippen LogP contribution in [0.25, 0.3) is 42.4 Å². The molecule has 2 aliphatic carbocycles. The molecular formula is C52H50BNS. The summed E-state index contributed by atoms with van der Waals surface area (Å²) < 4.78 is 2.70. The highest BCUT2D eigenvalue weighted by atomic mass is 32.1. The van der Waals surface area contributed by atoms with Crippen molar-refractivity contribution in [3.05, 3.63) is 131 Å². The predicted octanol–water partition coefficient (Wildman–Crippen LogP) is 12.7. The van der Waals surface area contributed by atoms with Crippen molar-refractivity contribution < 1.29 is 0 Å². The summed E-state index contributed by atoms with van der Waals surface area (Å²) in [4.78, 5) is 2.69. The van der Waals surface area contributed by atoms with E-state index in [1.807, 2.05) is 11.3 Å². The summed E-state index contributed by atoms with van der Waals surface area (Å²) in [6, 6.07) is 43.2. The van der Waals surface area contributed by atoms with Gasteiger partial charge in [-0.05, 0) is 151 Å². The molecule has 55 heavy (non-hydrogen) atoms. The summed E-state index contributed by atoms with van der Waals surface area (Å²) in [5, 5.41) is 2.70. The van der Waals surface area contributed by atoms with Crippen molar-refractivity contribution in [3.63, 3.8) is 0 Å². The van der Waals surface area contributed by atoms with Crippen LogP contribution in [-0.4, -0.2) is 6.71 Å². The van der Waals surface area contributed by atoms with Gasteiger partial charge in [-0.25, -0.2) is 0 Å². The van der Waals surface area contributed by atoms with Gasteiger partial charge in [-0.1, -0.05) is 122 Å². The first kappa shape index (κ1) is 33.7. The summed E-state index contributed by atoms with van der Waals surface area (Å²) in [6.07, 6.45) is 4.83. The summed E-state index contributed by atoms with van der Waals surface area (Å²) in [5.41, 5.74) is 20.3. The molecular weight excluding hydrogens is 681 g/mol. The number of anilines is 3. The minimum absolute atomic E-state index is 0.104. The highest BCUT2D eigenvalue weighted by Gasteiger charge is 2.46. The van der Waals surface area contributed by atoms with E-state index in [-0.39, 0.29) is 28.4 Å². The van der Waals surface area contributed by atoms with E-state index in [1.165, 1.54) is 124 Å². The second kappa shape index (κ2) is 11.0. The average Bonchev–Trinajstić information content (AvgIpc) is 3.71. The fraction of sp³-hybridized carbons (Fsp3) is 0.308. The third-order valence-corrected chi connectivity index (χ3v) is 15.8. The number of fused-ring (bicyclic) bond motifs is 10. The molecule has 0 spiro atoms. The van der Waals surface area contributed by atoms with Crippen molar-refractivity contribution >= 4 is 71.7 Å². The van der Waals surface area contributed by atoms with Gasteiger partial charge in [-0.2, -0.15) is 0 Å². The maximum Gasteiger partial charge on any atom is 0.248 e. The normalized spacial score (nSPS) is 19.1. The van der Waals surface area contributed by atoms with Gasteiger partial charge < -0.3 is 4.90 Å². The molecule has 3 heteroatoms. The maximum absolute atomic E-state index is 2.69. The molecule has 0 atom stereocenters. The molecule has 1 aromatic heterocycles. The lowest BCUT2D eigenvalue weighted by Gasteiger charge is -2.45. The lowest BCUT2D eigenvalue weighted by molar-refractivity contribution is 0.332. The lowest BCUT2D eigenvalue weighted by Crippen LogP contribution is -2.55. The molecule has 1 nitrogen and oxygen atoms in total. The zero-order valence-corrected chi connectivity index (χ0v) is 34.5. The van der Waals surface area contributed by atoms with Gasteiger partial charge in [0, 0.05) is 37.2 Å². The molecule has 6 aromatic carbocycles. The van der Waals surface area contributed by atoms with Gasteiger partial charge in [0.05, 0.1) is 0 Å². The minimum Gasteiger partial charge on any atom is -0.311 e. The zero-order valence-electron chi connectivity index (χ0n) is 33.7. The molecule has 4 aliphatic rings. The van der Waals surface area contributed by atoms with Crippen LogP contribution in [0.4, 0.5) is 17.1 Å². The Labute approximate surface area is 331 Å². The van der Waals surface area contributed by atoms with E-state index in [9.17, 15) is 0 Å². The molecule has 2 aliphatic heterocycles. The SMILES string of the molecule is CC1(C)CCC(C)(C)c2cc(N3c4cc5c(cc4B4c6ccccc6-c6cc(-c7ccc8sc9ccccc9c8c7)cc3c64)C(C)(C)CCC5(C)C)ccc21. The van der Waals surface area contributed by atoms with Gasteiger partial charge in [-0.3, -0.25) is 0 Å². The number of thiophene rings is 1. The van der Waals surface area contributed by atoms with E-state index in [4.69, 9.17) is 0 Å².